The number of rotatable bonds is 4. The average Bonchev–Trinajstić information content (AvgIpc) is 3.75. The monoisotopic (exact) mass is 694 g/mol. The van der Waals surface area contributed by atoms with Gasteiger partial charge in [-0.3, -0.25) is 4.57 Å². The molecule has 3 heteroatoms. The summed E-state index contributed by atoms with van der Waals surface area (Å²) in [4.78, 5) is 5.38. The van der Waals surface area contributed by atoms with E-state index in [2.05, 4.69) is 187 Å². The van der Waals surface area contributed by atoms with Crippen LogP contribution in [0.25, 0.3) is 81.3 Å². The van der Waals surface area contributed by atoms with Crippen LogP contribution in [0.2, 0.25) is 0 Å². The van der Waals surface area contributed by atoms with Crippen LogP contribution in [0.3, 0.4) is 0 Å². The molecular weight excluding hydrogens is 661 g/mol. The third-order valence-corrected chi connectivity index (χ3v) is 12.6. The molecule has 0 saturated heterocycles. The quantitative estimate of drug-likeness (QED) is 0.179. The first-order chi connectivity index (χ1) is 26.2. The molecule has 3 heterocycles. The van der Waals surface area contributed by atoms with Gasteiger partial charge in [-0.2, -0.15) is 0 Å². The minimum atomic E-state index is 0.320. The summed E-state index contributed by atoms with van der Waals surface area (Å²) in [6.07, 6.45) is 0. The first kappa shape index (κ1) is 30.3. The lowest BCUT2D eigenvalue weighted by Gasteiger charge is -2.34. The molecule has 0 radical (unpaired) electrons. The maximum atomic E-state index is 5.38. The van der Waals surface area contributed by atoms with Crippen LogP contribution in [-0.2, 0) is 0 Å². The molecule has 0 fully saturated rings. The van der Waals surface area contributed by atoms with Crippen LogP contribution < -0.4 is 0 Å². The van der Waals surface area contributed by atoms with E-state index in [4.69, 9.17) is 4.98 Å². The van der Waals surface area contributed by atoms with E-state index in [0.29, 0.717) is 11.8 Å². The molecule has 1 aliphatic carbocycles. The highest BCUT2D eigenvalue weighted by atomic mass is 32.1. The van der Waals surface area contributed by atoms with Gasteiger partial charge < -0.3 is 0 Å². The van der Waals surface area contributed by atoms with E-state index in [9.17, 15) is 0 Å². The molecule has 0 amide bonds. The highest BCUT2D eigenvalue weighted by Gasteiger charge is 2.33. The molecule has 11 rings (SSSR count). The fourth-order valence-electron chi connectivity index (χ4n) is 8.98. The number of pyridine rings is 1. The Hall–Kier alpha value is -6.29. The molecule has 2 nitrogen and oxygen atoms in total. The zero-order valence-electron chi connectivity index (χ0n) is 29.2. The van der Waals surface area contributed by atoms with Gasteiger partial charge in [0.25, 0.3) is 0 Å². The van der Waals surface area contributed by atoms with E-state index in [1.807, 2.05) is 11.3 Å². The third-order valence-electron chi connectivity index (χ3n) is 11.4. The molecular formula is C50H34N2S. The third kappa shape index (κ3) is 4.67. The van der Waals surface area contributed by atoms with Crippen LogP contribution in [-0.4, -0.2) is 9.55 Å². The van der Waals surface area contributed by atoms with Crippen molar-refractivity contribution < 1.29 is 0 Å². The number of thiophene rings is 1. The van der Waals surface area contributed by atoms with Crippen LogP contribution in [0.1, 0.15) is 35.4 Å². The predicted octanol–water partition coefficient (Wildman–Crippen LogP) is 13.8. The minimum absolute atomic E-state index is 0.320. The van der Waals surface area contributed by atoms with Crippen molar-refractivity contribution in [2.45, 2.75) is 18.8 Å². The Kier molecular flexibility index (Phi) is 6.80. The molecule has 7 aromatic carbocycles. The number of fused-ring (bicyclic) bond motifs is 10. The lowest BCUT2D eigenvalue weighted by atomic mass is 9.69. The normalized spacial score (nSPS) is 15.3. The second-order valence-corrected chi connectivity index (χ2v) is 15.4. The molecule has 53 heavy (non-hydrogen) atoms. The van der Waals surface area contributed by atoms with Crippen molar-refractivity contribution in [1.82, 2.24) is 9.55 Å². The number of nitrogens with zero attached hydrogens (tertiary/aromatic N) is 2. The Balaban J connectivity index is 1.17. The maximum Gasteiger partial charge on any atom is 0.138 e. The Morgan fingerprint density at radius 3 is 2.02 bits per heavy atom. The van der Waals surface area contributed by atoms with Crippen LogP contribution in [0, 0.1) is 0 Å². The maximum absolute atomic E-state index is 5.38. The topological polar surface area (TPSA) is 17.8 Å². The van der Waals surface area contributed by atoms with E-state index < -0.39 is 0 Å². The zero-order chi connectivity index (χ0) is 35.0. The second-order valence-electron chi connectivity index (χ2n) is 14.3. The summed E-state index contributed by atoms with van der Waals surface area (Å²) in [5, 5.41) is 5.13. The van der Waals surface area contributed by atoms with Gasteiger partial charge in [-0.05, 0) is 69.6 Å². The van der Waals surface area contributed by atoms with Gasteiger partial charge in [0.05, 0.1) is 16.7 Å². The van der Waals surface area contributed by atoms with Gasteiger partial charge in [-0.15, -0.1) is 11.3 Å². The lowest BCUT2D eigenvalue weighted by Crippen LogP contribution is -2.16. The number of para-hydroxylation sites is 1. The van der Waals surface area contributed by atoms with Crippen molar-refractivity contribution in [3.05, 3.63) is 193 Å². The van der Waals surface area contributed by atoms with E-state index >= 15 is 0 Å². The number of benzene rings is 7. The summed E-state index contributed by atoms with van der Waals surface area (Å²) >= 11 is 1.93. The molecule has 250 valence electrons. The molecule has 0 aliphatic heterocycles. The lowest BCUT2D eigenvalue weighted by molar-refractivity contribution is 0.651. The molecule has 10 aromatic rings. The molecule has 0 bridgehead atoms. The first-order valence-electron chi connectivity index (χ1n) is 18.4. The first-order valence-corrected chi connectivity index (χ1v) is 19.2. The second kappa shape index (κ2) is 11.9. The molecule has 0 spiro atoms. The van der Waals surface area contributed by atoms with E-state index in [0.717, 1.165) is 28.2 Å². The van der Waals surface area contributed by atoms with Gasteiger partial charge >= 0.3 is 0 Å². The van der Waals surface area contributed by atoms with Crippen LogP contribution in [0.5, 0.6) is 0 Å². The number of hydrogen-bond acceptors (Lipinski definition) is 2. The summed E-state index contributed by atoms with van der Waals surface area (Å²) in [5.74, 6) is 1.59. The van der Waals surface area contributed by atoms with E-state index in [-0.39, 0.29) is 0 Å². The van der Waals surface area contributed by atoms with Crippen molar-refractivity contribution in [2.75, 3.05) is 0 Å². The Morgan fingerprint density at radius 1 is 0.509 bits per heavy atom. The summed E-state index contributed by atoms with van der Waals surface area (Å²) in [7, 11) is 0. The fraction of sp³-hybridized carbons (Fsp3) is 0.0600. The number of hydrogen-bond donors (Lipinski definition) is 0. The van der Waals surface area contributed by atoms with Gasteiger partial charge in [-0.1, -0.05) is 153 Å². The largest absolute Gasteiger partial charge is 0.294 e. The van der Waals surface area contributed by atoms with Crippen molar-refractivity contribution in [3.63, 3.8) is 0 Å². The van der Waals surface area contributed by atoms with Crippen LogP contribution in [0.15, 0.2) is 176 Å². The van der Waals surface area contributed by atoms with Crippen LogP contribution in [0.4, 0.5) is 0 Å². The summed E-state index contributed by atoms with van der Waals surface area (Å²) in [6.45, 7) is 2.41. The van der Waals surface area contributed by atoms with Crippen LogP contribution >= 0.6 is 11.3 Å². The smallest absolute Gasteiger partial charge is 0.138 e. The minimum Gasteiger partial charge on any atom is -0.294 e. The van der Waals surface area contributed by atoms with E-state index in [1.54, 1.807) is 0 Å². The average molecular weight is 695 g/mol. The van der Waals surface area contributed by atoms with Gasteiger partial charge in [0, 0.05) is 48.0 Å². The molecule has 0 N–H and O–H groups in total. The number of aromatic nitrogens is 2. The van der Waals surface area contributed by atoms with Gasteiger partial charge in [-0.25, -0.2) is 4.98 Å². The van der Waals surface area contributed by atoms with Gasteiger partial charge in [0.1, 0.15) is 5.82 Å². The summed E-state index contributed by atoms with van der Waals surface area (Å²) in [6, 6.07) is 64.3. The Bertz CT molecular complexity index is 2950. The van der Waals surface area contributed by atoms with Gasteiger partial charge in [0.2, 0.25) is 0 Å². The molecule has 2 unspecified atom stereocenters. The highest BCUT2D eigenvalue weighted by molar-refractivity contribution is 7.26. The van der Waals surface area contributed by atoms with Crippen molar-refractivity contribution in [3.8, 4) is 39.3 Å². The zero-order valence-corrected chi connectivity index (χ0v) is 30.0. The summed E-state index contributed by atoms with van der Waals surface area (Å²) < 4.78 is 5.05. The van der Waals surface area contributed by atoms with Crippen molar-refractivity contribution in [1.29, 1.82) is 0 Å². The predicted molar refractivity (Wildman–Crippen MR) is 224 cm³/mol. The van der Waals surface area contributed by atoms with Crippen molar-refractivity contribution in [2.24, 2.45) is 0 Å². The standard InChI is InChI=1S/C50H34N2S/c1-31-36-25-26-40-42-29-41-37-21-13-14-24-44(37)52(47-28-35(32-15-5-2-6-16-32)27-43(51-47)33-17-7-3-8-18-33)45(41)30-46(42)53-50(40)49(36)39-23-12-11-22-38(39)48(31)34-19-9-4-10-20-34/h2-31,48H,1H3. The Morgan fingerprint density at radius 2 is 1.21 bits per heavy atom. The van der Waals surface area contributed by atoms with Gasteiger partial charge in [0.15, 0.2) is 0 Å². The molecule has 3 aromatic heterocycles. The highest BCUT2D eigenvalue weighted by Crippen LogP contribution is 2.54. The fourth-order valence-corrected chi connectivity index (χ4v) is 10.3. The molecule has 2 atom stereocenters. The van der Waals surface area contributed by atoms with E-state index in [1.165, 1.54) is 69.8 Å². The van der Waals surface area contributed by atoms with Crippen molar-refractivity contribution >= 4 is 53.3 Å². The summed E-state index contributed by atoms with van der Waals surface area (Å²) in [5.41, 5.74) is 13.7. The Labute approximate surface area is 312 Å². The SMILES string of the molecule is CC1c2ccc3c(sc4cc5c(cc43)c3ccccc3n5-c3cc(-c4ccccc4)cc(-c4ccccc4)n3)c2-c2ccccc2C1c1ccccc1. The molecule has 0 saturated carbocycles. The molecule has 1 aliphatic rings.